The number of carbonyl (C=O) groups excluding carboxylic acids is 2. The van der Waals surface area contributed by atoms with Gasteiger partial charge >= 0.3 is 0 Å². The highest BCUT2D eigenvalue weighted by Gasteiger charge is 2.36. The van der Waals surface area contributed by atoms with E-state index in [1.807, 2.05) is 0 Å². The summed E-state index contributed by atoms with van der Waals surface area (Å²) in [7, 11) is -3.96. The number of phenolic OH excluding ortho intramolecular Hbond substituents is 1. The quantitative estimate of drug-likeness (QED) is 0.805. The molecule has 1 heterocycles. The Kier molecular flexibility index (Phi) is 3.42. The number of phenols is 1. The molecule has 0 fully saturated rings. The number of sulfonamides is 1. The van der Waals surface area contributed by atoms with Crippen LogP contribution in [0.2, 0.25) is 0 Å². The maximum atomic E-state index is 12.1. The van der Waals surface area contributed by atoms with E-state index in [1.165, 1.54) is 29.2 Å². The second kappa shape index (κ2) is 5.18. The van der Waals surface area contributed by atoms with Gasteiger partial charge in [-0.15, -0.1) is 0 Å². The zero-order valence-electron chi connectivity index (χ0n) is 11.8. The number of nitrogens with two attached hydrogens (primary N) is 1. The Morgan fingerprint density at radius 1 is 1.04 bits per heavy atom. The van der Waals surface area contributed by atoms with Gasteiger partial charge in [-0.1, -0.05) is 12.1 Å². The van der Waals surface area contributed by atoms with E-state index in [9.17, 15) is 23.1 Å². The summed E-state index contributed by atoms with van der Waals surface area (Å²) in [5, 5.41) is 14.3. The van der Waals surface area contributed by atoms with Crippen LogP contribution in [0.4, 0.5) is 5.69 Å². The molecule has 2 aromatic rings. The van der Waals surface area contributed by atoms with Gasteiger partial charge in [0.1, 0.15) is 5.75 Å². The van der Waals surface area contributed by atoms with E-state index in [0.29, 0.717) is 11.3 Å². The number of aromatic hydroxyl groups is 1. The van der Waals surface area contributed by atoms with Crippen molar-refractivity contribution in [3.8, 4) is 5.75 Å². The largest absolute Gasteiger partial charge is 0.508 e. The first kappa shape index (κ1) is 15.2. The van der Waals surface area contributed by atoms with Crippen molar-refractivity contribution >= 4 is 27.4 Å². The zero-order chi connectivity index (χ0) is 16.8. The van der Waals surface area contributed by atoms with Gasteiger partial charge in [0.2, 0.25) is 10.0 Å². The standard InChI is InChI=1S/C15H12N2O5S/c16-23(21,22)11-5-6-13-12(7-11)14(19)15(20)17(13)8-9-1-3-10(18)4-2-9/h1-7,18H,8H2,(H2,16,21,22). The van der Waals surface area contributed by atoms with Crippen molar-refractivity contribution in [2.24, 2.45) is 5.14 Å². The molecule has 0 unspecified atom stereocenters. The smallest absolute Gasteiger partial charge is 0.299 e. The summed E-state index contributed by atoms with van der Waals surface area (Å²) in [5.74, 6) is -1.42. The lowest BCUT2D eigenvalue weighted by atomic mass is 10.1. The van der Waals surface area contributed by atoms with Gasteiger partial charge in [0.15, 0.2) is 0 Å². The van der Waals surface area contributed by atoms with E-state index >= 15 is 0 Å². The molecule has 0 saturated carbocycles. The molecule has 2 aromatic carbocycles. The van der Waals surface area contributed by atoms with Crippen molar-refractivity contribution < 1.29 is 23.1 Å². The molecule has 8 heteroatoms. The third-order valence-corrected chi connectivity index (χ3v) is 4.46. The van der Waals surface area contributed by atoms with Crippen molar-refractivity contribution in [2.75, 3.05) is 4.90 Å². The molecule has 0 spiro atoms. The van der Waals surface area contributed by atoms with Gasteiger partial charge in [0, 0.05) is 0 Å². The van der Waals surface area contributed by atoms with Gasteiger partial charge in [-0.25, -0.2) is 13.6 Å². The molecule has 7 nitrogen and oxygen atoms in total. The summed E-state index contributed by atoms with van der Waals surface area (Å²) in [6, 6.07) is 9.96. The number of nitrogens with zero attached hydrogens (tertiary/aromatic N) is 1. The topological polar surface area (TPSA) is 118 Å². The lowest BCUT2D eigenvalue weighted by Gasteiger charge is -2.16. The number of amides is 1. The van der Waals surface area contributed by atoms with E-state index in [4.69, 9.17) is 5.14 Å². The van der Waals surface area contributed by atoms with E-state index < -0.39 is 21.7 Å². The van der Waals surface area contributed by atoms with Gasteiger partial charge in [-0.3, -0.25) is 9.59 Å². The number of hydrogen-bond donors (Lipinski definition) is 2. The van der Waals surface area contributed by atoms with Gasteiger partial charge in [-0.2, -0.15) is 0 Å². The number of rotatable bonds is 3. The number of Topliss-reactive ketones (excluding diaryl/α,β-unsaturated/α-hetero) is 1. The minimum atomic E-state index is -3.96. The van der Waals surface area contributed by atoms with Crippen LogP contribution in [0, 0.1) is 0 Å². The van der Waals surface area contributed by atoms with Crippen molar-refractivity contribution in [1.82, 2.24) is 0 Å². The fourth-order valence-electron chi connectivity index (χ4n) is 2.40. The summed E-state index contributed by atoms with van der Waals surface area (Å²) in [6.07, 6.45) is 0. The lowest BCUT2D eigenvalue weighted by Crippen LogP contribution is -2.29. The second-order valence-corrected chi connectivity index (χ2v) is 6.67. The van der Waals surface area contributed by atoms with E-state index in [-0.39, 0.29) is 22.8 Å². The van der Waals surface area contributed by atoms with Crippen molar-refractivity contribution in [3.63, 3.8) is 0 Å². The fourth-order valence-corrected chi connectivity index (χ4v) is 2.94. The van der Waals surface area contributed by atoms with Crippen LogP contribution in [-0.2, 0) is 21.4 Å². The van der Waals surface area contributed by atoms with Gasteiger partial charge < -0.3 is 10.0 Å². The SMILES string of the molecule is NS(=O)(=O)c1ccc2c(c1)C(=O)C(=O)N2Cc1ccc(O)cc1. The maximum absolute atomic E-state index is 12.1. The van der Waals surface area contributed by atoms with E-state index in [0.717, 1.165) is 6.07 Å². The van der Waals surface area contributed by atoms with Gasteiger partial charge in [0.05, 0.1) is 22.7 Å². The molecule has 0 aliphatic carbocycles. The average Bonchev–Trinajstić information content (AvgIpc) is 2.73. The summed E-state index contributed by atoms with van der Waals surface area (Å²) < 4.78 is 22.7. The maximum Gasteiger partial charge on any atom is 0.299 e. The molecular formula is C15H12N2O5S. The lowest BCUT2D eigenvalue weighted by molar-refractivity contribution is -0.114. The Morgan fingerprint density at radius 2 is 1.70 bits per heavy atom. The number of anilines is 1. The minimum absolute atomic E-state index is 0.0142. The number of benzene rings is 2. The summed E-state index contributed by atoms with van der Waals surface area (Å²) >= 11 is 0. The summed E-state index contributed by atoms with van der Waals surface area (Å²) in [5.41, 5.74) is 1.06. The molecule has 3 N–H and O–H groups in total. The van der Waals surface area contributed by atoms with Crippen molar-refractivity contribution in [3.05, 3.63) is 53.6 Å². The normalized spacial score (nSPS) is 14.2. The number of carbonyl (C=O) groups is 2. The number of primary sulfonamides is 1. The van der Waals surface area contributed by atoms with E-state index in [2.05, 4.69) is 0 Å². The third-order valence-electron chi connectivity index (χ3n) is 3.55. The van der Waals surface area contributed by atoms with Crippen LogP contribution in [0.3, 0.4) is 0 Å². The Hall–Kier alpha value is -2.71. The Balaban J connectivity index is 2.01. The highest BCUT2D eigenvalue weighted by atomic mass is 32.2. The number of fused-ring (bicyclic) bond motifs is 1. The van der Waals surface area contributed by atoms with Crippen LogP contribution in [0.5, 0.6) is 5.75 Å². The summed E-state index contributed by atoms with van der Waals surface area (Å²) in [6.45, 7) is 0.132. The van der Waals surface area contributed by atoms with Crippen molar-refractivity contribution in [2.45, 2.75) is 11.4 Å². The molecule has 23 heavy (non-hydrogen) atoms. The predicted octanol–water partition coefficient (Wildman–Crippen LogP) is 0.769. The van der Waals surface area contributed by atoms with Gasteiger partial charge in [-0.05, 0) is 35.9 Å². The molecule has 3 rings (SSSR count). The highest BCUT2D eigenvalue weighted by Crippen LogP contribution is 2.32. The Morgan fingerprint density at radius 3 is 2.30 bits per heavy atom. The van der Waals surface area contributed by atoms with Crippen LogP contribution in [-0.4, -0.2) is 25.2 Å². The molecule has 0 aromatic heterocycles. The number of hydrogen-bond acceptors (Lipinski definition) is 5. The first-order chi connectivity index (χ1) is 10.8. The van der Waals surface area contributed by atoms with Crippen molar-refractivity contribution in [1.29, 1.82) is 0 Å². The molecule has 0 saturated heterocycles. The molecule has 0 radical (unpaired) electrons. The van der Waals surface area contributed by atoms with E-state index in [1.54, 1.807) is 12.1 Å². The molecule has 0 atom stereocenters. The monoisotopic (exact) mass is 332 g/mol. The van der Waals surface area contributed by atoms with Gasteiger partial charge in [0.25, 0.3) is 11.7 Å². The first-order valence-electron chi connectivity index (χ1n) is 6.58. The molecule has 0 bridgehead atoms. The molecular weight excluding hydrogens is 320 g/mol. The molecule has 1 aliphatic heterocycles. The molecule has 118 valence electrons. The molecule has 1 amide bonds. The third kappa shape index (κ3) is 2.69. The highest BCUT2D eigenvalue weighted by molar-refractivity contribution is 7.89. The minimum Gasteiger partial charge on any atom is -0.508 e. The van der Waals surface area contributed by atoms with Crippen LogP contribution < -0.4 is 10.0 Å². The zero-order valence-corrected chi connectivity index (χ0v) is 12.6. The summed E-state index contributed by atoms with van der Waals surface area (Å²) in [4.78, 5) is 25.2. The number of ketones is 1. The second-order valence-electron chi connectivity index (χ2n) is 5.11. The fraction of sp³-hybridized carbons (Fsp3) is 0.0667. The first-order valence-corrected chi connectivity index (χ1v) is 8.13. The predicted molar refractivity (Wildman–Crippen MR) is 81.4 cm³/mol. The Labute approximate surface area is 132 Å². The van der Waals surface area contributed by atoms with Crippen LogP contribution in [0.1, 0.15) is 15.9 Å². The van der Waals surface area contributed by atoms with Crippen LogP contribution >= 0.6 is 0 Å². The van der Waals surface area contributed by atoms with Crippen LogP contribution in [0.15, 0.2) is 47.4 Å². The average molecular weight is 332 g/mol. The molecule has 1 aliphatic rings. The van der Waals surface area contributed by atoms with Crippen LogP contribution in [0.25, 0.3) is 0 Å². The Bertz CT molecular complexity index is 919.